The molecule has 128 valence electrons. The summed E-state index contributed by atoms with van der Waals surface area (Å²) in [5.41, 5.74) is 7.74. The lowest BCUT2D eigenvalue weighted by atomic mass is 10.0. The summed E-state index contributed by atoms with van der Waals surface area (Å²) < 4.78 is 10.6. The van der Waals surface area contributed by atoms with Gasteiger partial charge in [-0.3, -0.25) is 9.59 Å². The topological polar surface area (TPSA) is 90.7 Å². The second-order valence-corrected chi connectivity index (χ2v) is 5.80. The standard InChI is InChI=1S/C18H15ClN2O4/c1-24-15-5-2-10(7-16(15)25-9-17(20)22)6-13-12-8-11(19)3-4-14(12)21-18(13)23/h2-8H,9H2,1H3,(H2,20,22)(H,21,23)/b13-6+. The number of benzene rings is 2. The largest absolute Gasteiger partial charge is 0.493 e. The fraction of sp³-hybridized carbons (Fsp3) is 0.111. The molecule has 0 aliphatic carbocycles. The number of fused-ring (bicyclic) bond motifs is 1. The second kappa shape index (κ2) is 6.86. The number of nitrogens with two attached hydrogens (primary N) is 1. The van der Waals surface area contributed by atoms with E-state index in [2.05, 4.69) is 5.32 Å². The van der Waals surface area contributed by atoms with Crippen LogP contribution in [-0.2, 0) is 9.59 Å². The zero-order valence-electron chi connectivity index (χ0n) is 13.3. The maximum Gasteiger partial charge on any atom is 0.256 e. The summed E-state index contributed by atoms with van der Waals surface area (Å²) in [6.45, 7) is -0.269. The molecule has 25 heavy (non-hydrogen) atoms. The van der Waals surface area contributed by atoms with Crippen molar-refractivity contribution in [3.63, 3.8) is 0 Å². The van der Waals surface area contributed by atoms with E-state index in [-0.39, 0.29) is 12.5 Å². The lowest BCUT2D eigenvalue weighted by molar-refractivity contribution is -0.120. The lowest BCUT2D eigenvalue weighted by Gasteiger charge is -2.10. The molecular weight excluding hydrogens is 344 g/mol. The number of hydrogen-bond acceptors (Lipinski definition) is 4. The Labute approximate surface area is 149 Å². The Morgan fingerprint density at radius 2 is 2.04 bits per heavy atom. The van der Waals surface area contributed by atoms with Crippen LogP contribution >= 0.6 is 11.6 Å². The molecule has 0 fully saturated rings. The van der Waals surface area contributed by atoms with Gasteiger partial charge in [0.05, 0.1) is 7.11 Å². The van der Waals surface area contributed by atoms with Crippen LogP contribution in [0.15, 0.2) is 36.4 Å². The number of hydrogen-bond donors (Lipinski definition) is 2. The number of ether oxygens (including phenoxy) is 2. The van der Waals surface area contributed by atoms with Gasteiger partial charge in [0.1, 0.15) is 0 Å². The molecule has 1 aliphatic rings. The first kappa shape index (κ1) is 16.9. The van der Waals surface area contributed by atoms with Crippen molar-refractivity contribution in [2.24, 2.45) is 5.73 Å². The van der Waals surface area contributed by atoms with Gasteiger partial charge < -0.3 is 20.5 Å². The smallest absolute Gasteiger partial charge is 0.256 e. The van der Waals surface area contributed by atoms with Crippen LogP contribution in [0.3, 0.4) is 0 Å². The van der Waals surface area contributed by atoms with Gasteiger partial charge in [-0.1, -0.05) is 17.7 Å². The number of carbonyl (C=O) groups is 2. The van der Waals surface area contributed by atoms with Gasteiger partial charge >= 0.3 is 0 Å². The Balaban J connectivity index is 1.99. The van der Waals surface area contributed by atoms with Gasteiger partial charge in [-0.05, 0) is 42.0 Å². The van der Waals surface area contributed by atoms with Crippen LogP contribution in [0.4, 0.5) is 5.69 Å². The molecule has 1 aliphatic heterocycles. The maximum absolute atomic E-state index is 12.2. The van der Waals surface area contributed by atoms with E-state index in [1.807, 2.05) is 0 Å². The number of anilines is 1. The summed E-state index contributed by atoms with van der Waals surface area (Å²) in [4.78, 5) is 23.2. The number of primary amides is 1. The Kier molecular flexibility index (Phi) is 4.63. The van der Waals surface area contributed by atoms with Gasteiger partial charge in [-0.25, -0.2) is 0 Å². The highest BCUT2D eigenvalue weighted by Crippen LogP contribution is 2.36. The molecule has 0 spiro atoms. The molecule has 3 N–H and O–H groups in total. The quantitative estimate of drug-likeness (QED) is 0.804. The predicted octanol–water partition coefficient (Wildman–Crippen LogP) is 2.71. The molecule has 3 rings (SSSR count). The van der Waals surface area contributed by atoms with Crippen LogP contribution in [0.5, 0.6) is 11.5 Å². The Bertz CT molecular complexity index is 893. The third-order valence-electron chi connectivity index (χ3n) is 3.63. The summed E-state index contributed by atoms with van der Waals surface area (Å²) in [6, 6.07) is 10.3. The Hall–Kier alpha value is -2.99. The lowest BCUT2D eigenvalue weighted by Crippen LogP contribution is -2.20. The molecule has 0 aromatic heterocycles. The number of nitrogens with one attached hydrogen (secondary N) is 1. The molecule has 2 aromatic carbocycles. The van der Waals surface area contributed by atoms with Gasteiger partial charge in [-0.15, -0.1) is 0 Å². The van der Waals surface area contributed by atoms with Crippen LogP contribution in [0, 0.1) is 0 Å². The Morgan fingerprint density at radius 3 is 2.76 bits per heavy atom. The fourth-order valence-electron chi connectivity index (χ4n) is 2.51. The molecule has 0 saturated carbocycles. The van der Waals surface area contributed by atoms with E-state index < -0.39 is 5.91 Å². The predicted molar refractivity (Wildman–Crippen MR) is 95.6 cm³/mol. The number of carbonyl (C=O) groups excluding carboxylic acids is 2. The minimum Gasteiger partial charge on any atom is -0.493 e. The van der Waals surface area contributed by atoms with Gasteiger partial charge in [0.15, 0.2) is 18.1 Å². The number of halogens is 1. The molecule has 0 radical (unpaired) electrons. The van der Waals surface area contributed by atoms with Crippen LogP contribution in [-0.4, -0.2) is 25.5 Å². The number of amides is 2. The first-order chi connectivity index (χ1) is 12.0. The molecule has 0 unspecified atom stereocenters. The maximum atomic E-state index is 12.2. The summed E-state index contributed by atoms with van der Waals surface area (Å²) in [5.74, 6) is 0.0142. The molecule has 2 aromatic rings. The van der Waals surface area contributed by atoms with Crippen LogP contribution in [0.2, 0.25) is 5.02 Å². The second-order valence-electron chi connectivity index (χ2n) is 5.37. The van der Waals surface area contributed by atoms with E-state index in [0.717, 1.165) is 5.56 Å². The molecule has 0 atom stereocenters. The van der Waals surface area contributed by atoms with Crippen LogP contribution < -0.4 is 20.5 Å². The molecule has 7 heteroatoms. The fourth-order valence-corrected chi connectivity index (χ4v) is 2.69. The van der Waals surface area contributed by atoms with E-state index in [1.54, 1.807) is 42.5 Å². The Morgan fingerprint density at radius 1 is 1.24 bits per heavy atom. The van der Waals surface area contributed by atoms with Crippen LogP contribution in [0.1, 0.15) is 11.1 Å². The van der Waals surface area contributed by atoms with Crippen molar-refractivity contribution in [1.82, 2.24) is 0 Å². The summed E-state index contributed by atoms with van der Waals surface area (Å²) in [7, 11) is 1.49. The first-order valence-electron chi connectivity index (χ1n) is 7.40. The van der Waals surface area contributed by atoms with Gasteiger partial charge in [-0.2, -0.15) is 0 Å². The van der Waals surface area contributed by atoms with Gasteiger partial charge in [0.25, 0.3) is 11.8 Å². The van der Waals surface area contributed by atoms with E-state index >= 15 is 0 Å². The third kappa shape index (κ3) is 3.59. The summed E-state index contributed by atoms with van der Waals surface area (Å²) in [6.07, 6.45) is 1.72. The SMILES string of the molecule is COc1ccc(/C=C2/C(=O)Nc3ccc(Cl)cc32)cc1OCC(N)=O. The van der Waals surface area contributed by atoms with E-state index in [9.17, 15) is 9.59 Å². The number of methoxy groups -OCH3 is 1. The first-order valence-corrected chi connectivity index (χ1v) is 7.78. The molecule has 2 amide bonds. The minimum atomic E-state index is -0.593. The minimum absolute atomic E-state index is 0.215. The third-order valence-corrected chi connectivity index (χ3v) is 3.87. The van der Waals surface area contributed by atoms with Gasteiger partial charge in [0, 0.05) is 21.8 Å². The van der Waals surface area contributed by atoms with Gasteiger partial charge in [0.2, 0.25) is 0 Å². The van der Waals surface area contributed by atoms with Crippen molar-refractivity contribution in [2.75, 3.05) is 19.0 Å². The zero-order valence-corrected chi connectivity index (χ0v) is 14.1. The summed E-state index contributed by atoms with van der Waals surface area (Å²) >= 11 is 6.03. The molecule has 6 nitrogen and oxygen atoms in total. The van der Waals surface area contributed by atoms with E-state index in [0.29, 0.717) is 33.3 Å². The molecule has 0 bridgehead atoms. The van der Waals surface area contributed by atoms with E-state index in [1.165, 1.54) is 7.11 Å². The highest BCUT2D eigenvalue weighted by molar-refractivity contribution is 6.36. The van der Waals surface area contributed by atoms with Crippen molar-refractivity contribution in [1.29, 1.82) is 0 Å². The highest BCUT2D eigenvalue weighted by atomic mass is 35.5. The molecular formula is C18H15ClN2O4. The van der Waals surface area contributed by atoms with Crippen molar-refractivity contribution in [2.45, 2.75) is 0 Å². The average molecular weight is 359 g/mol. The molecule has 1 heterocycles. The monoisotopic (exact) mass is 358 g/mol. The number of rotatable bonds is 5. The van der Waals surface area contributed by atoms with Crippen molar-refractivity contribution in [3.05, 3.63) is 52.5 Å². The van der Waals surface area contributed by atoms with Crippen molar-refractivity contribution < 1.29 is 19.1 Å². The highest BCUT2D eigenvalue weighted by Gasteiger charge is 2.24. The zero-order chi connectivity index (χ0) is 18.0. The molecule has 0 saturated heterocycles. The normalized spacial score (nSPS) is 14.2. The van der Waals surface area contributed by atoms with Crippen LogP contribution in [0.25, 0.3) is 11.6 Å². The van der Waals surface area contributed by atoms with Crippen molar-refractivity contribution >= 4 is 40.8 Å². The average Bonchev–Trinajstić information content (AvgIpc) is 2.88. The summed E-state index contributed by atoms with van der Waals surface area (Å²) in [5, 5.41) is 3.33. The van der Waals surface area contributed by atoms with Crippen molar-refractivity contribution in [3.8, 4) is 11.5 Å². The van der Waals surface area contributed by atoms with E-state index in [4.69, 9.17) is 26.8 Å².